The molecule has 3 atom stereocenters. The smallest absolute Gasteiger partial charge is 0.253 e. The van der Waals surface area contributed by atoms with E-state index in [4.69, 9.17) is 5.73 Å². The topological polar surface area (TPSA) is 95.3 Å². The summed E-state index contributed by atoms with van der Waals surface area (Å²) in [6.07, 6.45) is 4.40. The van der Waals surface area contributed by atoms with Crippen molar-refractivity contribution in [1.29, 1.82) is 0 Å². The highest BCUT2D eigenvalue weighted by Gasteiger charge is 2.37. The van der Waals surface area contributed by atoms with Crippen LogP contribution in [0.5, 0.6) is 0 Å². The lowest BCUT2D eigenvalue weighted by Crippen LogP contribution is -2.47. The van der Waals surface area contributed by atoms with Gasteiger partial charge in [0.1, 0.15) is 0 Å². The largest absolute Gasteiger partial charge is 0.339 e. The van der Waals surface area contributed by atoms with Gasteiger partial charge in [-0.05, 0) is 56.8 Å². The normalized spacial score (nSPS) is 25.0. The van der Waals surface area contributed by atoms with Gasteiger partial charge in [0.25, 0.3) is 5.91 Å². The van der Waals surface area contributed by atoms with Gasteiger partial charge in [0.15, 0.2) is 0 Å². The van der Waals surface area contributed by atoms with E-state index in [2.05, 4.69) is 17.1 Å². The van der Waals surface area contributed by atoms with Crippen LogP contribution < -0.4 is 5.73 Å². The van der Waals surface area contributed by atoms with Crippen LogP contribution in [0, 0.1) is 11.8 Å². The number of aromatic amines is 1. The average molecular weight is 406 g/mol. The van der Waals surface area contributed by atoms with E-state index in [1.54, 1.807) is 6.20 Å². The third-order valence-electron chi connectivity index (χ3n) is 6.02. The minimum absolute atomic E-state index is 0. The van der Waals surface area contributed by atoms with Crippen LogP contribution in [0.1, 0.15) is 36.5 Å². The number of H-pyrrole nitrogens is 1. The van der Waals surface area contributed by atoms with Crippen LogP contribution in [-0.2, 0) is 4.79 Å². The standard InChI is InChI=1S/C20H27N5O2.ClH/c1-13-7-14(9-21)11-25(13)20(27)16-3-2-6-24(12-16)19(26)15-4-5-18-17(8-15)10-22-23-18;/h4-5,8,10,13-14,16H,2-3,6-7,9,11-12,21H2,1H3,(H,22,23);1H. The molecule has 2 amide bonds. The van der Waals surface area contributed by atoms with Gasteiger partial charge in [0.05, 0.1) is 17.6 Å². The van der Waals surface area contributed by atoms with Gasteiger partial charge in [-0.3, -0.25) is 14.7 Å². The molecule has 0 spiro atoms. The zero-order valence-electron chi connectivity index (χ0n) is 16.1. The van der Waals surface area contributed by atoms with Gasteiger partial charge >= 0.3 is 0 Å². The lowest BCUT2D eigenvalue weighted by Gasteiger charge is -2.35. The molecule has 8 heteroatoms. The van der Waals surface area contributed by atoms with Crippen LogP contribution in [0.15, 0.2) is 24.4 Å². The van der Waals surface area contributed by atoms with E-state index in [0.29, 0.717) is 31.1 Å². The lowest BCUT2D eigenvalue weighted by molar-refractivity contribution is -0.137. The molecule has 3 heterocycles. The highest BCUT2D eigenvalue weighted by atomic mass is 35.5. The van der Waals surface area contributed by atoms with E-state index in [1.807, 2.05) is 28.0 Å². The van der Waals surface area contributed by atoms with Crippen LogP contribution in [0.3, 0.4) is 0 Å². The number of carbonyl (C=O) groups is 2. The maximum atomic E-state index is 13.1. The summed E-state index contributed by atoms with van der Waals surface area (Å²) in [6.45, 7) is 4.67. The van der Waals surface area contributed by atoms with Gasteiger partial charge in [-0.25, -0.2) is 0 Å². The van der Waals surface area contributed by atoms with Gasteiger partial charge in [0.2, 0.25) is 5.91 Å². The maximum Gasteiger partial charge on any atom is 0.253 e. The summed E-state index contributed by atoms with van der Waals surface area (Å²) in [5.74, 6) is 0.456. The minimum Gasteiger partial charge on any atom is -0.339 e. The molecule has 7 nitrogen and oxygen atoms in total. The second-order valence-corrected chi connectivity index (χ2v) is 7.94. The fourth-order valence-corrected chi connectivity index (χ4v) is 4.48. The molecule has 4 rings (SSSR count). The number of nitrogens with two attached hydrogens (primary N) is 1. The van der Waals surface area contributed by atoms with Gasteiger partial charge in [-0.2, -0.15) is 5.10 Å². The summed E-state index contributed by atoms with van der Waals surface area (Å²) in [7, 11) is 0. The predicted octanol–water partition coefficient (Wildman–Crippen LogP) is 2.03. The molecule has 0 bridgehead atoms. The molecule has 1 aromatic carbocycles. The summed E-state index contributed by atoms with van der Waals surface area (Å²) in [5, 5.41) is 7.82. The molecule has 3 unspecified atom stereocenters. The predicted molar refractivity (Wildman–Crippen MR) is 110 cm³/mol. The van der Waals surface area contributed by atoms with Gasteiger partial charge in [-0.1, -0.05) is 0 Å². The Kier molecular flexibility index (Phi) is 6.25. The third kappa shape index (κ3) is 3.86. The second-order valence-electron chi connectivity index (χ2n) is 7.94. The molecular weight excluding hydrogens is 378 g/mol. The number of benzene rings is 1. The Morgan fingerprint density at radius 2 is 2.14 bits per heavy atom. The molecule has 2 fully saturated rings. The zero-order chi connectivity index (χ0) is 19.0. The summed E-state index contributed by atoms with van der Waals surface area (Å²) >= 11 is 0. The number of nitrogens with zero attached hydrogens (tertiary/aromatic N) is 3. The summed E-state index contributed by atoms with van der Waals surface area (Å²) in [4.78, 5) is 29.8. The molecule has 3 N–H and O–H groups in total. The van der Waals surface area contributed by atoms with E-state index in [-0.39, 0.29) is 36.2 Å². The maximum absolute atomic E-state index is 13.1. The highest BCUT2D eigenvalue weighted by molar-refractivity contribution is 5.98. The van der Waals surface area contributed by atoms with E-state index in [0.717, 1.165) is 36.7 Å². The number of halogens is 1. The van der Waals surface area contributed by atoms with Crippen LogP contribution >= 0.6 is 12.4 Å². The first-order valence-electron chi connectivity index (χ1n) is 9.79. The van der Waals surface area contributed by atoms with Crippen molar-refractivity contribution < 1.29 is 9.59 Å². The molecule has 28 heavy (non-hydrogen) atoms. The SMILES string of the molecule is CC1CC(CN)CN1C(=O)C1CCCN(C(=O)c2ccc3[nH]ncc3c2)C1.Cl. The molecule has 2 aromatic rings. The number of hydrogen-bond acceptors (Lipinski definition) is 4. The van der Waals surface area contributed by atoms with Crippen molar-refractivity contribution in [3.05, 3.63) is 30.0 Å². The molecular formula is C20H28ClN5O2. The van der Waals surface area contributed by atoms with Crippen LogP contribution in [0.2, 0.25) is 0 Å². The number of likely N-dealkylation sites (tertiary alicyclic amines) is 2. The van der Waals surface area contributed by atoms with E-state index >= 15 is 0 Å². The molecule has 2 aliphatic heterocycles. The van der Waals surface area contributed by atoms with Crippen molar-refractivity contribution in [2.75, 3.05) is 26.2 Å². The van der Waals surface area contributed by atoms with Gasteiger partial charge in [0, 0.05) is 36.6 Å². The number of aromatic nitrogens is 2. The Labute approximate surface area is 171 Å². The van der Waals surface area contributed by atoms with Crippen LogP contribution in [-0.4, -0.2) is 64.0 Å². The highest BCUT2D eigenvalue weighted by Crippen LogP contribution is 2.28. The zero-order valence-corrected chi connectivity index (χ0v) is 17.0. The quantitative estimate of drug-likeness (QED) is 0.816. The number of carbonyl (C=O) groups excluding carboxylic acids is 2. The van der Waals surface area contributed by atoms with Gasteiger partial charge < -0.3 is 15.5 Å². The van der Waals surface area contributed by atoms with E-state index in [9.17, 15) is 9.59 Å². The van der Waals surface area contributed by atoms with Crippen LogP contribution in [0.4, 0.5) is 0 Å². The second kappa shape index (κ2) is 8.49. The van der Waals surface area contributed by atoms with Crippen molar-refractivity contribution in [3.63, 3.8) is 0 Å². The van der Waals surface area contributed by atoms with Crippen molar-refractivity contribution in [1.82, 2.24) is 20.0 Å². The third-order valence-corrected chi connectivity index (χ3v) is 6.02. The van der Waals surface area contributed by atoms with Gasteiger partial charge in [-0.15, -0.1) is 12.4 Å². The molecule has 152 valence electrons. The summed E-state index contributed by atoms with van der Waals surface area (Å²) in [5.41, 5.74) is 7.36. The molecule has 0 aliphatic carbocycles. The summed E-state index contributed by atoms with van der Waals surface area (Å²) < 4.78 is 0. The molecule has 1 aromatic heterocycles. The van der Waals surface area contributed by atoms with Crippen molar-refractivity contribution in [2.24, 2.45) is 17.6 Å². The molecule has 0 saturated carbocycles. The molecule has 0 radical (unpaired) electrons. The van der Waals surface area contributed by atoms with E-state index < -0.39 is 0 Å². The summed E-state index contributed by atoms with van der Waals surface area (Å²) in [6, 6.07) is 5.80. The first kappa shape index (κ1) is 20.6. The Balaban J connectivity index is 0.00000225. The van der Waals surface area contributed by atoms with Crippen molar-refractivity contribution in [3.8, 4) is 0 Å². The monoisotopic (exact) mass is 405 g/mol. The fourth-order valence-electron chi connectivity index (χ4n) is 4.48. The first-order valence-corrected chi connectivity index (χ1v) is 9.79. The molecule has 2 saturated heterocycles. The van der Waals surface area contributed by atoms with Crippen LogP contribution in [0.25, 0.3) is 10.9 Å². The Hall–Kier alpha value is -2.12. The Bertz CT molecular complexity index is 854. The first-order chi connectivity index (χ1) is 13.1. The number of fused-ring (bicyclic) bond motifs is 1. The number of piperidine rings is 1. The fraction of sp³-hybridized carbons (Fsp3) is 0.550. The molecule has 2 aliphatic rings. The lowest BCUT2D eigenvalue weighted by atomic mass is 9.95. The number of hydrogen-bond donors (Lipinski definition) is 2. The Morgan fingerprint density at radius 3 is 2.89 bits per heavy atom. The van der Waals surface area contributed by atoms with Crippen molar-refractivity contribution in [2.45, 2.75) is 32.2 Å². The van der Waals surface area contributed by atoms with E-state index in [1.165, 1.54) is 0 Å². The Morgan fingerprint density at radius 1 is 1.32 bits per heavy atom. The number of rotatable bonds is 3. The average Bonchev–Trinajstić information content (AvgIpc) is 3.32. The van der Waals surface area contributed by atoms with Crippen molar-refractivity contribution >= 4 is 35.1 Å². The minimum atomic E-state index is -0.112. The number of amides is 2. The number of nitrogens with one attached hydrogen (secondary N) is 1.